The van der Waals surface area contributed by atoms with E-state index in [-0.39, 0.29) is 6.54 Å². The molecule has 0 spiro atoms. The lowest BCUT2D eigenvalue weighted by molar-refractivity contribution is -0.0450. The molecule has 106 valence electrons. The summed E-state index contributed by atoms with van der Waals surface area (Å²) in [5.74, 6) is 0. The summed E-state index contributed by atoms with van der Waals surface area (Å²) < 4.78 is 1.48. The number of hydrogen-bond donors (Lipinski definition) is 3. The maximum Gasteiger partial charge on any atom is 0.404 e. The van der Waals surface area contributed by atoms with E-state index in [4.69, 9.17) is 5.11 Å². The SMILES string of the molecule is O=C(O)NCc1cn(C2=CC3CN(C2)C(=O)N3O)nn1. The number of nitrogens with zero attached hydrogens (tertiary/aromatic N) is 5. The van der Waals surface area contributed by atoms with E-state index in [0.717, 1.165) is 0 Å². The lowest BCUT2D eigenvalue weighted by atomic mass is 10.2. The summed E-state index contributed by atoms with van der Waals surface area (Å²) in [5, 5.41) is 28.7. The van der Waals surface area contributed by atoms with E-state index in [0.29, 0.717) is 29.5 Å². The summed E-state index contributed by atoms with van der Waals surface area (Å²) >= 11 is 0. The van der Waals surface area contributed by atoms with Gasteiger partial charge in [-0.15, -0.1) is 5.10 Å². The summed E-state index contributed by atoms with van der Waals surface area (Å²) in [6, 6.07) is -0.829. The van der Waals surface area contributed by atoms with Gasteiger partial charge in [0.05, 0.1) is 31.0 Å². The number of carboxylic acid groups (broad SMARTS) is 1. The van der Waals surface area contributed by atoms with Crippen molar-refractivity contribution >= 4 is 17.8 Å². The van der Waals surface area contributed by atoms with Crippen LogP contribution in [0.5, 0.6) is 0 Å². The number of rotatable bonds is 3. The summed E-state index contributed by atoms with van der Waals surface area (Å²) in [6.45, 7) is 0.823. The van der Waals surface area contributed by atoms with Gasteiger partial charge >= 0.3 is 12.1 Å². The van der Waals surface area contributed by atoms with Crippen LogP contribution in [0.3, 0.4) is 0 Å². The molecule has 3 heterocycles. The van der Waals surface area contributed by atoms with Gasteiger partial charge in [-0.05, 0) is 6.08 Å². The smallest absolute Gasteiger partial charge is 0.404 e. The van der Waals surface area contributed by atoms with Crippen LogP contribution in [-0.4, -0.2) is 66.5 Å². The number of hydroxylamine groups is 2. The lowest BCUT2D eigenvalue weighted by Crippen LogP contribution is -2.31. The molecule has 10 nitrogen and oxygen atoms in total. The number of carbonyl (C=O) groups is 2. The zero-order chi connectivity index (χ0) is 14.3. The number of fused-ring (bicyclic) bond motifs is 2. The third-order valence-corrected chi connectivity index (χ3v) is 3.18. The number of amides is 3. The largest absolute Gasteiger partial charge is 0.465 e. The van der Waals surface area contributed by atoms with E-state index in [1.54, 1.807) is 12.3 Å². The molecule has 0 aliphatic carbocycles. The van der Waals surface area contributed by atoms with Crippen LogP contribution < -0.4 is 5.32 Å². The van der Waals surface area contributed by atoms with Gasteiger partial charge in [0, 0.05) is 6.54 Å². The van der Waals surface area contributed by atoms with Gasteiger partial charge in [0.25, 0.3) is 0 Å². The Morgan fingerprint density at radius 1 is 1.55 bits per heavy atom. The first-order valence-electron chi connectivity index (χ1n) is 5.90. The van der Waals surface area contributed by atoms with Gasteiger partial charge in [0.1, 0.15) is 5.69 Å². The molecule has 3 amide bonds. The topological polar surface area (TPSA) is 124 Å². The lowest BCUT2D eigenvalue weighted by Gasteiger charge is -2.20. The Labute approximate surface area is 112 Å². The van der Waals surface area contributed by atoms with Crippen molar-refractivity contribution < 1.29 is 19.9 Å². The van der Waals surface area contributed by atoms with Crippen molar-refractivity contribution in [2.45, 2.75) is 12.6 Å². The van der Waals surface area contributed by atoms with Crippen molar-refractivity contribution in [2.75, 3.05) is 13.1 Å². The monoisotopic (exact) mass is 280 g/mol. The highest BCUT2D eigenvalue weighted by Crippen LogP contribution is 2.24. The molecule has 2 aliphatic heterocycles. The van der Waals surface area contributed by atoms with Crippen LogP contribution in [0.1, 0.15) is 5.69 Å². The molecule has 3 rings (SSSR count). The molecule has 3 N–H and O–H groups in total. The molecule has 0 saturated carbocycles. The molecule has 20 heavy (non-hydrogen) atoms. The number of hydrogen-bond acceptors (Lipinski definition) is 5. The van der Waals surface area contributed by atoms with Gasteiger partial charge in [-0.3, -0.25) is 5.21 Å². The minimum atomic E-state index is -1.14. The van der Waals surface area contributed by atoms with Gasteiger partial charge in [-0.2, -0.15) is 5.06 Å². The zero-order valence-electron chi connectivity index (χ0n) is 10.3. The molecule has 1 unspecified atom stereocenters. The second kappa shape index (κ2) is 4.49. The fraction of sp³-hybridized carbons (Fsp3) is 0.400. The molecule has 1 aromatic heterocycles. The minimum absolute atomic E-state index is 0.0564. The quantitative estimate of drug-likeness (QED) is 0.635. The van der Waals surface area contributed by atoms with Gasteiger partial charge in [0.2, 0.25) is 0 Å². The van der Waals surface area contributed by atoms with Gasteiger partial charge in [-0.1, -0.05) is 5.21 Å². The van der Waals surface area contributed by atoms with Crippen LogP contribution in [0.15, 0.2) is 12.3 Å². The first-order valence-corrected chi connectivity index (χ1v) is 5.90. The summed E-state index contributed by atoms with van der Waals surface area (Å²) in [4.78, 5) is 23.5. The average molecular weight is 280 g/mol. The Balaban J connectivity index is 1.76. The number of aromatic nitrogens is 3. The number of carbonyl (C=O) groups excluding carboxylic acids is 1. The summed E-state index contributed by atoms with van der Waals surface area (Å²) in [5.41, 5.74) is 1.17. The van der Waals surface area contributed by atoms with Crippen LogP contribution in [0.2, 0.25) is 0 Å². The molecule has 0 aromatic carbocycles. The maximum atomic E-state index is 11.6. The first kappa shape index (κ1) is 12.4. The number of nitrogens with one attached hydrogen (secondary N) is 1. The second-order valence-electron chi connectivity index (χ2n) is 4.55. The third kappa shape index (κ3) is 2.05. The van der Waals surface area contributed by atoms with Crippen molar-refractivity contribution in [3.05, 3.63) is 18.0 Å². The predicted octanol–water partition coefficient (Wildman–Crippen LogP) is -0.604. The Hall–Kier alpha value is -2.62. The average Bonchev–Trinajstić information content (AvgIpc) is 2.98. The highest BCUT2D eigenvalue weighted by molar-refractivity contribution is 5.79. The highest BCUT2D eigenvalue weighted by Gasteiger charge is 2.39. The van der Waals surface area contributed by atoms with E-state index in [1.807, 2.05) is 0 Å². The van der Waals surface area contributed by atoms with Gasteiger partial charge in [-0.25, -0.2) is 14.3 Å². The van der Waals surface area contributed by atoms with Crippen LogP contribution in [0.4, 0.5) is 9.59 Å². The Bertz CT molecular complexity index is 596. The Kier molecular flexibility index (Phi) is 2.79. The molecular weight excluding hydrogens is 268 g/mol. The van der Waals surface area contributed by atoms with Gasteiger partial charge in [0.15, 0.2) is 0 Å². The van der Waals surface area contributed by atoms with E-state index in [1.165, 1.54) is 9.58 Å². The van der Waals surface area contributed by atoms with E-state index >= 15 is 0 Å². The molecule has 1 atom stereocenters. The molecule has 10 heteroatoms. The molecule has 1 fully saturated rings. The van der Waals surface area contributed by atoms with Crippen molar-refractivity contribution in [1.82, 2.24) is 30.3 Å². The zero-order valence-corrected chi connectivity index (χ0v) is 10.3. The summed E-state index contributed by atoms with van der Waals surface area (Å²) in [7, 11) is 0. The predicted molar refractivity (Wildman–Crippen MR) is 63.5 cm³/mol. The second-order valence-corrected chi connectivity index (χ2v) is 4.55. The van der Waals surface area contributed by atoms with E-state index in [2.05, 4.69) is 15.6 Å². The standard InChI is InChI=1S/C10H12N6O4/c17-9(18)11-2-6-3-15(13-12-6)7-1-8-5-14(4-7)10(19)16(8)20/h1,3,8,11,20H,2,4-5H2,(H,17,18). The molecular formula is C10H12N6O4. The van der Waals surface area contributed by atoms with Crippen LogP contribution >= 0.6 is 0 Å². The molecule has 1 aromatic rings. The van der Waals surface area contributed by atoms with Crippen molar-refractivity contribution in [3.8, 4) is 0 Å². The van der Waals surface area contributed by atoms with E-state index in [9.17, 15) is 14.8 Å². The molecule has 0 radical (unpaired) electrons. The molecule has 2 bridgehead atoms. The maximum absolute atomic E-state index is 11.6. The summed E-state index contributed by atoms with van der Waals surface area (Å²) in [6.07, 6.45) is 2.19. The minimum Gasteiger partial charge on any atom is -0.465 e. The third-order valence-electron chi connectivity index (χ3n) is 3.18. The van der Waals surface area contributed by atoms with Crippen LogP contribution in [0.25, 0.3) is 5.70 Å². The number of urea groups is 1. The van der Waals surface area contributed by atoms with Gasteiger partial charge < -0.3 is 15.3 Å². The van der Waals surface area contributed by atoms with Crippen molar-refractivity contribution in [1.29, 1.82) is 0 Å². The molecule has 2 aliphatic rings. The fourth-order valence-electron chi connectivity index (χ4n) is 2.23. The Morgan fingerprint density at radius 2 is 2.35 bits per heavy atom. The van der Waals surface area contributed by atoms with Crippen molar-refractivity contribution in [2.24, 2.45) is 0 Å². The first-order chi connectivity index (χ1) is 9.54. The fourth-order valence-corrected chi connectivity index (χ4v) is 2.23. The van der Waals surface area contributed by atoms with Crippen LogP contribution in [-0.2, 0) is 6.54 Å². The van der Waals surface area contributed by atoms with Crippen LogP contribution in [0, 0.1) is 0 Å². The van der Waals surface area contributed by atoms with E-state index < -0.39 is 18.2 Å². The Morgan fingerprint density at radius 3 is 3.05 bits per heavy atom. The van der Waals surface area contributed by atoms with Crippen molar-refractivity contribution in [3.63, 3.8) is 0 Å². The highest BCUT2D eigenvalue weighted by atomic mass is 16.5. The molecule has 1 saturated heterocycles. The normalized spacial score (nSPS) is 21.1.